The number of benzene rings is 1. The minimum Gasteiger partial charge on any atom is -0.490 e. The summed E-state index contributed by atoms with van der Waals surface area (Å²) in [5.74, 6) is -3.76. The molecule has 1 rings (SSSR count). The standard InChI is InChI=1S/C31H42N2O13.2CH4/c1-4-26(36)44-18-19-45-27(37)8-6-5-7-15-43-28(38)20-24(34)32-13-14-33-25(35)21-29(39)46-17-16-42-23-11-9-22(10-12-23)30(40)31(2,3)41;;/h4,9-12,41H,1,5-8,13-21H2,2-3H3,(H,32,34)(H,33,35);2*1H4. The van der Waals surface area contributed by atoms with Crippen LogP contribution < -0.4 is 15.4 Å². The molecular formula is C33H50N2O13. The van der Waals surface area contributed by atoms with E-state index >= 15 is 0 Å². The molecule has 48 heavy (non-hydrogen) atoms. The summed E-state index contributed by atoms with van der Waals surface area (Å²) >= 11 is 0. The lowest BCUT2D eigenvalue weighted by Gasteiger charge is -2.15. The van der Waals surface area contributed by atoms with Crippen LogP contribution in [0.3, 0.4) is 0 Å². The van der Waals surface area contributed by atoms with Gasteiger partial charge in [0.1, 0.15) is 50.6 Å². The number of ether oxygens (including phenoxy) is 5. The highest BCUT2D eigenvalue weighted by Gasteiger charge is 2.25. The molecule has 1 aromatic carbocycles. The summed E-state index contributed by atoms with van der Waals surface area (Å²) in [6.45, 7) is 5.94. The quantitative estimate of drug-likeness (QED) is 0.0378. The van der Waals surface area contributed by atoms with Gasteiger partial charge in [0.25, 0.3) is 0 Å². The Kier molecular flexibility index (Phi) is 23.9. The zero-order valence-corrected chi connectivity index (χ0v) is 26.1. The molecule has 0 spiro atoms. The summed E-state index contributed by atoms with van der Waals surface area (Å²) in [6.07, 6.45) is 1.70. The van der Waals surface area contributed by atoms with Gasteiger partial charge in [-0.15, -0.1) is 0 Å². The summed E-state index contributed by atoms with van der Waals surface area (Å²) in [7, 11) is 0. The summed E-state index contributed by atoms with van der Waals surface area (Å²) in [5.41, 5.74) is -1.17. The van der Waals surface area contributed by atoms with E-state index in [9.17, 15) is 38.7 Å². The van der Waals surface area contributed by atoms with E-state index < -0.39 is 59.9 Å². The van der Waals surface area contributed by atoms with Gasteiger partial charge in [-0.2, -0.15) is 0 Å². The van der Waals surface area contributed by atoms with E-state index in [2.05, 4.69) is 21.9 Å². The number of ketones is 1. The Labute approximate surface area is 281 Å². The molecule has 15 nitrogen and oxygen atoms in total. The Balaban J connectivity index is 0. The smallest absolute Gasteiger partial charge is 0.330 e. The molecule has 0 aliphatic heterocycles. The predicted octanol–water partition coefficient (Wildman–Crippen LogP) is 2.22. The Bertz CT molecular complexity index is 1190. The number of esters is 4. The number of hydrogen-bond donors (Lipinski definition) is 3. The van der Waals surface area contributed by atoms with Crippen LogP contribution in [0.1, 0.15) is 77.6 Å². The molecule has 0 unspecified atom stereocenters. The Hall–Kier alpha value is -4.79. The largest absolute Gasteiger partial charge is 0.490 e. The van der Waals surface area contributed by atoms with Gasteiger partial charge < -0.3 is 39.4 Å². The van der Waals surface area contributed by atoms with Crippen molar-refractivity contribution in [3.8, 4) is 5.75 Å². The van der Waals surface area contributed by atoms with Crippen LogP contribution in [0, 0.1) is 0 Å². The molecule has 3 N–H and O–H groups in total. The van der Waals surface area contributed by atoms with Crippen LogP contribution in [0.15, 0.2) is 36.9 Å². The van der Waals surface area contributed by atoms with Crippen LogP contribution in [0.4, 0.5) is 0 Å². The second-order valence-electron chi connectivity index (χ2n) is 10.2. The van der Waals surface area contributed by atoms with Gasteiger partial charge in [0, 0.05) is 31.1 Å². The van der Waals surface area contributed by atoms with Crippen molar-refractivity contribution in [3.63, 3.8) is 0 Å². The molecule has 0 saturated carbocycles. The molecule has 15 heteroatoms. The third-order valence-corrected chi connectivity index (χ3v) is 5.71. The molecule has 2 amide bonds. The van der Waals surface area contributed by atoms with Crippen LogP contribution >= 0.6 is 0 Å². The first kappa shape index (κ1) is 45.3. The lowest BCUT2D eigenvalue weighted by atomic mass is 9.97. The van der Waals surface area contributed by atoms with Gasteiger partial charge in [-0.25, -0.2) is 4.79 Å². The first-order valence-electron chi connectivity index (χ1n) is 14.6. The zero-order chi connectivity index (χ0) is 34.4. The number of carbonyl (C=O) groups excluding carboxylic acids is 7. The highest BCUT2D eigenvalue weighted by molar-refractivity contribution is 6.01. The fourth-order valence-corrected chi connectivity index (χ4v) is 3.43. The maximum absolute atomic E-state index is 12.0. The van der Waals surface area contributed by atoms with Crippen LogP contribution in [0.25, 0.3) is 0 Å². The van der Waals surface area contributed by atoms with E-state index in [0.29, 0.717) is 30.6 Å². The maximum atomic E-state index is 12.0. The third kappa shape index (κ3) is 21.9. The fourth-order valence-electron chi connectivity index (χ4n) is 3.43. The minimum atomic E-state index is -1.49. The van der Waals surface area contributed by atoms with Crippen LogP contribution in [-0.2, 0) is 47.7 Å². The molecule has 0 bridgehead atoms. The molecule has 0 aliphatic rings. The first-order valence-corrected chi connectivity index (χ1v) is 14.6. The van der Waals surface area contributed by atoms with Crippen molar-refractivity contribution in [1.82, 2.24) is 10.6 Å². The lowest BCUT2D eigenvalue weighted by Crippen LogP contribution is -2.36. The average molecular weight is 683 g/mol. The maximum Gasteiger partial charge on any atom is 0.330 e. The number of Topliss-reactive ketones (excluding diaryl/α,β-unsaturated/α-hetero) is 1. The summed E-state index contributed by atoms with van der Waals surface area (Å²) < 4.78 is 24.9. The van der Waals surface area contributed by atoms with E-state index in [4.69, 9.17) is 18.9 Å². The highest BCUT2D eigenvalue weighted by Crippen LogP contribution is 2.17. The highest BCUT2D eigenvalue weighted by atomic mass is 16.6. The van der Waals surface area contributed by atoms with E-state index in [1.807, 2.05) is 0 Å². The second kappa shape index (κ2) is 25.3. The van der Waals surface area contributed by atoms with E-state index in [1.54, 1.807) is 12.1 Å². The number of nitrogens with one attached hydrogen (secondary N) is 2. The Morgan fingerprint density at radius 1 is 0.708 bits per heavy atom. The molecular weight excluding hydrogens is 632 g/mol. The number of unbranched alkanes of at least 4 members (excludes halogenated alkanes) is 2. The van der Waals surface area contributed by atoms with Crippen molar-refractivity contribution in [1.29, 1.82) is 0 Å². The molecule has 0 aliphatic carbocycles. The molecule has 0 aromatic heterocycles. The number of amides is 2. The molecule has 270 valence electrons. The van der Waals surface area contributed by atoms with Gasteiger partial charge in [-0.1, -0.05) is 21.4 Å². The van der Waals surface area contributed by atoms with E-state index in [1.165, 1.54) is 26.0 Å². The van der Waals surface area contributed by atoms with Gasteiger partial charge in [0.05, 0.1) is 6.61 Å². The van der Waals surface area contributed by atoms with E-state index in [0.717, 1.165) is 6.08 Å². The van der Waals surface area contributed by atoms with Crippen molar-refractivity contribution in [2.24, 2.45) is 0 Å². The Morgan fingerprint density at radius 3 is 1.75 bits per heavy atom. The third-order valence-electron chi connectivity index (χ3n) is 5.71. The number of hydrogen-bond acceptors (Lipinski definition) is 13. The predicted molar refractivity (Wildman–Crippen MR) is 174 cm³/mol. The van der Waals surface area contributed by atoms with Crippen molar-refractivity contribution >= 4 is 41.5 Å². The van der Waals surface area contributed by atoms with Gasteiger partial charge in [-0.05, 0) is 57.4 Å². The fraction of sp³-hybridized carbons (Fsp3) is 0.545. The average Bonchev–Trinajstić information content (AvgIpc) is 3.00. The molecule has 1 aromatic rings. The topological polar surface area (TPSA) is 210 Å². The first-order chi connectivity index (χ1) is 21.8. The molecule has 0 radical (unpaired) electrons. The van der Waals surface area contributed by atoms with Gasteiger partial charge in [-0.3, -0.25) is 28.8 Å². The van der Waals surface area contributed by atoms with Crippen LogP contribution in [0.5, 0.6) is 5.75 Å². The number of carbonyl (C=O) groups is 7. The van der Waals surface area contributed by atoms with Crippen LogP contribution in [0.2, 0.25) is 0 Å². The normalized spacial score (nSPS) is 10.1. The summed E-state index contributed by atoms with van der Waals surface area (Å²) in [5, 5.41) is 14.7. The summed E-state index contributed by atoms with van der Waals surface area (Å²) in [6, 6.07) is 6.10. The Morgan fingerprint density at radius 2 is 1.21 bits per heavy atom. The second-order valence-corrected chi connectivity index (χ2v) is 10.2. The van der Waals surface area contributed by atoms with Gasteiger partial charge in [0.15, 0.2) is 5.78 Å². The van der Waals surface area contributed by atoms with Crippen molar-refractivity contribution in [2.75, 3.05) is 46.1 Å². The van der Waals surface area contributed by atoms with Crippen molar-refractivity contribution in [2.45, 2.75) is 72.8 Å². The minimum absolute atomic E-state index is 0. The molecule has 0 heterocycles. The zero-order valence-electron chi connectivity index (χ0n) is 26.1. The van der Waals surface area contributed by atoms with E-state index in [-0.39, 0.29) is 67.4 Å². The monoisotopic (exact) mass is 682 g/mol. The SMILES string of the molecule is C.C.C=CC(=O)OCCOC(=O)CCCCCOC(=O)CC(=O)NCCNC(=O)CC(=O)OCCOc1ccc(C(=O)C(C)(C)O)cc1. The van der Waals surface area contributed by atoms with Gasteiger partial charge in [0.2, 0.25) is 11.8 Å². The van der Waals surface area contributed by atoms with Gasteiger partial charge >= 0.3 is 23.9 Å². The van der Waals surface area contributed by atoms with Crippen molar-refractivity contribution < 1.29 is 62.4 Å². The van der Waals surface area contributed by atoms with Crippen molar-refractivity contribution in [3.05, 3.63) is 42.5 Å². The molecule has 0 atom stereocenters. The van der Waals surface area contributed by atoms with Crippen LogP contribution in [-0.4, -0.2) is 98.3 Å². The number of aliphatic hydroxyl groups is 1. The lowest BCUT2D eigenvalue weighted by molar-refractivity contribution is -0.150. The molecule has 0 fully saturated rings. The molecule has 0 saturated heterocycles. The number of rotatable bonds is 23. The summed E-state index contributed by atoms with van der Waals surface area (Å²) in [4.78, 5) is 81.8.